The lowest BCUT2D eigenvalue weighted by atomic mass is 10.1. The highest BCUT2D eigenvalue weighted by Crippen LogP contribution is 2.26. The Morgan fingerprint density at radius 2 is 2.28 bits per heavy atom. The fraction of sp³-hybridized carbons (Fsp3) is 0.417. The molecule has 0 bridgehead atoms. The summed E-state index contributed by atoms with van der Waals surface area (Å²) in [4.78, 5) is 12.2. The number of halogens is 1. The van der Waals surface area contributed by atoms with Gasteiger partial charge in [-0.15, -0.1) is 11.6 Å². The first-order valence-corrected chi connectivity index (χ1v) is 5.97. The average molecular weight is 268 g/mol. The molecular weight excluding hydrogens is 254 g/mol. The number of nitriles is 1. The molecule has 1 aromatic rings. The minimum atomic E-state index is -0.445. The molecule has 0 heterocycles. The molecule has 96 valence electrons. The predicted octanol–water partition coefficient (Wildman–Crippen LogP) is 2.93. The third-order valence-electron chi connectivity index (χ3n) is 2.61. The van der Waals surface area contributed by atoms with Gasteiger partial charge in [-0.2, -0.15) is 5.26 Å². The van der Waals surface area contributed by atoms with Gasteiger partial charge in [0.2, 0.25) is 0 Å². The second-order valence-electron chi connectivity index (χ2n) is 4.11. The molecule has 18 heavy (non-hydrogen) atoms. The van der Waals surface area contributed by atoms with E-state index in [0.717, 1.165) is 5.69 Å². The van der Waals surface area contributed by atoms with Gasteiger partial charge in [-0.05, 0) is 19.1 Å². The summed E-state index contributed by atoms with van der Waals surface area (Å²) in [5.74, 6) is -0.0177. The van der Waals surface area contributed by atoms with Crippen molar-refractivity contribution in [1.82, 2.24) is 0 Å². The van der Waals surface area contributed by atoms with Crippen LogP contribution in [0.25, 0.3) is 0 Å². The molecule has 0 saturated carbocycles. The predicted molar refractivity (Wildman–Crippen MR) is 70.7 cm³/mol. The van der Waals surface area contributed by atoms with Crippen molar-refractivity contribution in [3.8, 4) is 6.07 Å². The van der Waals surface area contributed by atoms with Gasteiger partial charge in [0.25, 0.3) is 5.69 Å². The first kappa shape index (κ1) is 14.3. The van der Waals surface area contributed by atoms with Gasteiger partial charge in [0.15, 0.2) is 0 Å². The number of benzene rings is 1. The maximum atomic E-state index is 10.8. The zero-order valence-corrected chi connectivity index (χ0v) is 11.0. The number of anilines is 1. The molecule has 0 aliphatic carbocycles. The summed E-state index contributed by atoms with van der Waals surface area (Å²) in [5.41, 5.74) is 1.32. The van der Waals surface area contributed by atoms with Crippen molar-refractivity contribution >= 4 is 23.0 Å². The largest absolute Gasteiger partial charge is 0.373 e. The van der Waals surface area contributed by atoms with E-state index in [1.807, 2.05) is 18.9 Å². The fourth-order valence-corrected chi connectivity index (χ4v) is 1.87. The summed E-state index contributed by atoms with van der Waals surface area (Å²) in [6, 6.07) is 6.95. The second kappa shape index (κ2) is 6.22. The Bertz CT molecular complexity index is 485. The summed E-state index contributed by atoms with van der Waals surface area (Å²) < 4.78 is 0. The number of rotatable bonds is 5. The van der Waals surface area contributed by atoms with Crippen LogP contribution in [0.4, 0.5) is 11.4 Å². The molecule has 0 amide bonds. The lowest BCUT2D eigenvalue weighted by Crippen LogP contribution is -2.23. The number of hydrogen-bond acceptors (Lipinski definition) is 4. The molecule has 0 saturated heterocycles. The van der Waals surface area contributed by atoms with Gasteiger partial charge in [-0.25, -0.2) is 0 Å². The molecular formula is C12H14ClN3O2. The van der Waals surface area contributed by atoms with Crippen LogP contribution in [-0.4, -0.2) is 18.5 Å². The molecule has 0 aromatic heterocycles. The second-order valence-corrected chi connectivity index (χ2v) is 4.38. The van der Waals surface area contributed by atoms with Crippen LogP contribution in [0.3, 0.4) is 0 Å². The van der Waals surface area contributed by atoms with E-state index in [4.69, 9.17) is 16.9 Å². The van der Waals surface area contributed by atoms with Crippen molar-refractivity contribution in [2.24, 2.45) is 5.92 Å². The zero-order valence-electron chi connectivity index (χ0n) is 10.3. The van der Waals surface area contributed by atoms with E-state index >= 15 is 0 Å². The standard InChI is InChI=1S/C12H14ClN3O2/c1-9(7-14)8-15(2)11-3-4-12(16(17)18)10(5-11)6-13/h3-5,9H,6,8H2,1-2H3. The zero-order chi connectivity index (χ0) is 13.7. The number of nitro benzene ring substituents is 1. The molecule has 0 radical (unpaired) electrons. The molecule has 5 nitrogen and oxygen atoms in total. The summed E-state index contributed by atoms with van der Waals surface area (Å²) in [5, 5.41) is 19.5. The van der Waals surface area contributed by atoms with Crippen LogP contribution >= 0.6 is 11.6 Å². The highest BCUT2D eigenvalue weighted by molar-refractivity contribution is 6.17. The number of nitrogens with zero attached hydrogens (tertiary/aromatic N) is 3. The van der Waals surface area contributed by atoms with Gasteiger partial charge >= 0.3 is 0 Å². The maximum absolute atomic E-state index is 10.8. The summed E-state index contributed by atoms with van der Waals surface area (Å²) in [6.07, 6.45) is 0. The fourth-order valence-electron chi connectivity index (χ4n) is 1.65. The van der Waals surface area contributed by atoms with Crippen molar-refractivity contribution in [1.29, 1.82) is 5.26 Å². The number of hydrogen-bond donors (Lipinski definition) is 0. The van der Waals surface area contributed by atoms with E-state index in [2.05, 4.69) is 6.07 Å². The molecule has 1 rings (SSSR count). The van der Waals surface area contributed by atoms with E-state index < -0.39 is 4.92 Å². The summed E-state index contributed by atoms with van der Waals surface area (Å²) in [6.45, 7) is 2.39. The van der Waals surface area contributed by atoms with Crippen LogP contribution in [0.5, 0.6) is 0 Å². The quantitative estimate of drug-likeness (QED) is 0.467. The van der Waals surface area contributed by atoms with Crippen LogP contribution in [0.15, 0.2) is 18.2 Å². The van der Waals surface area contributed by atoms with Crippen molar-refractivity contribution in [3.63, 3.8) is 0 Å². The SMILES string of the molecule is CC(C#N)CN(C)c1ccc([N+](=O)[O-])c(CCl)c1. The first-order valence-electron chi connectivity index (χ1n) is 5.43. The monoisotopic (exact) mass is 267 g/mol. The van der Waals surface area contributed by atoms with Crippen molar-refractivity contribution < 1.29 is 4.92 Å². The normalized spacial score (nSPS) is 11.7. The summed E-state index contributed by atoms with van der Waals surface area (Å²) in [7, 11) is 1.84. The molecule has 0 aliphatic heterocycles. The Morgan fingerprint density at radius 3 is 2.78 bits per heavy atom. The Labute approximate surface area is 111 Å². The molecule has 1 unspecified atom stereocenters. The molecule has 0 spiro atoms. The van der Waals surface area contributed by atoms with Gasteiger partial charge in [0, 0.05) is 30.9 Å². The molecule has 0 N–H and O–H groups in total. The van der Waals surface area contributed by atoms with E-state index in [0.29, 0.717) is 12.1 Å². The average Bonchev–Trinajstić information content (AvgIpc) is 2.37. The van der Waals surface area contributed by atoms with Crippen molar-refractivity contribution in [3.05, 3.63) is 33.9 Å². The highest BCUT2D eigenvalue weighted by atomic mass is 35.5. The topological polar surface area (TPSA) is 70.2 Å². The number of alkyl halides is 1. The third kappa shape index (κ3) is 3.34. The van der Waals surface area contributed by atoms with Crippen LogP contribution in [0.2, 0.25) is 0 Å². The van der Waals surface area contributed by atoms with Gasteiger partial charge in [-0.1, -0.05) is 0 Å². The smallest absolute Gasteiger partial charge is 0.273 e. The van der Waals surface area contributed by atoms with Gasteiger partial charge < -0.3 is 4.90 Å². The molecule has 1 aromatic carbocycles. The van der Waals surface area contributed by atoms with Gasteiger partial charge in [-0.3, -0.25) is 10.1 Å². The first-order chi connectivity index (χ1) is 8.49. The Hall–Kier alpha value is -1.80. The molecule has 0 aliphatic rings. The number of nitro groups is 1. The van der Waals surface area contributed by atoms with Crippen LogP contribution in [-0.2, 0) is 5.88 Å². The van der Waals surface area contributed by atoms with E-state index in [1.54, 1.807) is 12.1 Å². The lowest BCUT2D eigenvalue weighted by Gasteiger charge is -2.20. The molecule has 1 atom stereocenters. The lowest BCUT2D eigenvalue weighted by molar-refractivity contribution is -0.385. The van der Waals surface area contributed by atoms with E-state index in [9.17, 15) is 10.1 Å². The Balaban J connectivity index is 2.99. The van der Waals surface area contributed by atoms with E-state index in [1.165, 1.54) is 6.07 Å². The van der Waals surface area contributed by atoms with Crippen LogP contribution in [0.1, 0.15) is 12.5 Å². The molecule has 0 fully saturated rings. The van der Waals surface area contributed by atoms with Gasteiger partial charge in [0.1, 0.15) is 0 Å². The minimum absolute atomic E-state index is 0.0236. The van der Waals surface area contributed by atoms with Crippen LogP contribution < -0.4 is 4.90 Å². The highest BCUT2D eigenvalue weighted by Gasteiger charge is 2.15. The Kier molecular flexibility index (Phi) is 4.93. The van der Waals surface area contributed by atoms with Gasteiger partial charge in [0.05, 0.1) is 22.8 Å². The van der Waals surface area contributed by atoms with Crippen molar-refractivity contribution in [2.45, 2.75) is 12.8 Å². The third-order valence-corrected chi connectivity index (χ3v) is 2.90. The van der Waals surface area contributed by atoms with Crippen LogP contribution in [0, 0.1) is 27.4 Å². The molecule has 6 heteroatoms. The minimum Gasteiger partial charge on any atom is -0.373 e. The van der Waals surface area contributed by atoms with E-state index in [-0.39, 0.29) is 17.5 Å². The summed E-state index contributed by atoms with van der Waals surface area (Å²) >= 11 is 5.71. The Morgan fingerprint density at radius 1 is 1.61 bits per heavy atom. The van der Waals surface area contributed by atoms with Crippen molar-refractivity contribution in [2.75, 3.05) is 18.5 Å². The maximum Gasteiger partial charge on any atom is 0.273 e.